The number of hydrazone groups is 1. The highest BCUT2D eigenvalue weighted by molar-refractivity contribution is 6.04. The molecule has 1 aromatic rings. The number of amides is 1. The van der Waals surface area contributed by atoms with E-state index in [1.165, 1.54) is 6.92 Å². The van der Waals surface area contributed by atoms with E-state index in [0.717, 1.165) is 22.8 Å². The van der Waals surface area contributed by atoms with E-state index in [2.05, 4.69) is 10.5 Å². The van der Waals surface area contributed by atoms with Gasteiger partial charge in [0.15, 0.2) is 0 Å². The van der Waals surface area contributed by atoms with Gasteiger partial charge in [-0.3, -0.25) is 4.79 Å². The molecule has 0 saturated heterocycles. The minimum Gasteiger partial charge on any atom is -0.497 e. The van der Waals surface area contributed by atoms with Crippen molar-refractivity contribution in [3.8, 4) is 11.5 Å². The number of hydrogen-bond acceptors (Lipinski definition) is 4. The summed E-state index contributed by atoms with van der Waals surface area (Å²) in [5.74, 6) is 1.29. The number of rotatable bonds is 2. The number of nitrogens with zero attached hydrogens (tertiary/aromatic N) is 1. The van der Waals surface area contributed by atoms with Crippen molar-refractivity contribution in [2.24, 2.45) is 5.10 Å². The summed E-state index contributed by atoms with van der Waals surface area (Å²) >= 11 is 0. The first-order valence-electron chi connectivity index (χ1n) is 5.35. The Bertz CT molecular complexity index is 469. The Morgan fingerprint density at radius 3 is 3.06 bits per heavy atom. The molecule has 0 aromatic heterocycles. The number of carbonyl (C=O) groups is 1. The Balaban J connectivity index is 2.31. The fourth-order valence-electron chi connectivity index (χ4n) is 1.64. The Labute approximate surface area is 99.4 Å². The molecule has 0 saturated carbocycles. The van der Waals surface area contributed by atoms with Crippen molar-refractivity contribution in [1.29, 1.82) is 0 Å². The van der Waals surface area contributed by atoms with Crippen molar-refractivity contribution >= 4 is 11.6 Å². The van der Waals surface area contributed by atoms with Gasteiger partial charge in [-0.1, -0.05) is 0 Å². The molecule has 5 heteroatoms. The lowest BCUT2D eigenvalue weighted by molar-refractivity contribution is -0.118. The van der Waals surface area contributed by atoms with Crippen LogP contribution in [0, 0.1) is 0 Å². The molecule has 0 bridgehead atoms. The quantitative estimate of drug-likeness (QED) is 0.785. The van der Waals surface area contributed by atoms with E-state index in [0.29, 0.717) is 13.0 Å². The van der Waals surface area contributed by atoms with Crippen molar-refractivity contribution in [2.45, 2.75) is 13.3 Å². The summed E-state index contributed by atoms with van der Waals surface area (Å²) in [4.78, 5) is 10.8. The molecule has 0 fully saturated rings. The second-order valence-electron chi connectivity index (χ2n) is 3.69. The highest BCUT2D eigenvalue weighted by atomic mass is 16.5. The van der Waals surface area contributed by atoms with Gasteiger partial charge in [0, 0.05) is 25.0 Å². The third kappa shape index (κ3) is 2.55. The van der Waals surface area contributed by atoms with Crippen LogP contribution in [0.2, 0.25) is 0 Å². The molecule has 1 heterocycles. The Kier molecular flexibility index (Phi) is 3.27. The van der Waals surface area contributed by atoms with E-state index in [-0.39, 0.29) is 5.91 Å². The third-order valence-corrected chi connectivity index (χ3v) is 2.44. The van der Waals surface area contributed by atoms with E-state index >= 15 is 0 Å². The Hall–Kier alpha value is -2.04. The molecule has 0 unspecified atom stereocenters. The van der Waals surface area contributed by atoms with Crippen molar-refractivity contribution < 1.29 is 14.3 Å². The van der Waals surface area contributed by atoms with Crippen LogP contribution in [0.4, 0.5) is 0 Å². The number of nitrogens with one attached hydrogen (secondary N) is 1. The zero-order valence-corrected chi connectivity index (χ0v) is 9.82. The molecule has 1 aliphatic rings. The smallest absolute Gasteiger partial charge is 0.236 e. The molecule has 5 nitrogen and oxygen atoms in total. The van der Waals surface area contributed by atoms with E-state index in [1.54, 1.807) is 7.11 Å². The molecular weight excluding hydrogens is 220 g/mol. The van der Waals surface area contributed by atoms with Gasteiger partial charge in [-0.15, -0.1) is 0 Å². The van der Waals surface area contributed by atoms with Crippen LogP contribution in [-0.2, 0) is 4.79 Å². The first kappa shape index (κ1) is 11.4. The lowest BCUT2D eigenvalue weighted by Crippen LogP contribution is -2.21. The molecular formula is C12H14N2O3. The van der Waals surface area contributed by atoms with Gasteiger partial charge in [-0.2, -0.15) is 5.10 Å². The second kappa shape index (κ2) is 4.86. The van der Waals surface area contributed by atoms with Crippen LogP contribution in [-0.4, -0.2) is 25.3 Å². The molecule has 0 radical (unpaired) electrons. The normalized spacial score (nSPS) is 16.0. The van der Waals surface area contributed by atoms with Crippen molar-refractivity contribution in [2.75, 3.05) is 13.7 Å². The minimum absolute atomic E-state index is 0.181. The molecule has 0 atom stereocenters. The summed E-state index contributed by atoms with van der Waals surface area (Å²) < 4.78 is 10.7. The van der Waals surface area contributed by atoms with Gasteiger partial charge in [-0.25, -0.2) is 5.43 Å². The highest BCUT2D eigenvalue weighted by Crippen LogP contribution is 2.29. The number of hydrogen-bond donors (Lipinski definition) is 1. The van der Waals surface area contributed by atoms with Gasteiger partial charge in [0.1, 0.15) is 11.5 Å². The average Bonchev–Trinajstić information content (AvgIpc) is 2.35. The second-order valence-corrected chi connectivity index (χ2v) is 3.69. The van der Waals surface area contributed by atoms with Gasteiger partial charge in [0.2, 0.25) is 5.91 Å². The maximum absolute atomic E-state index is 10.8. The van der Waals surface area contributed by atoms with Crippen molar-refractivity contribution in [1.82, 2.24) is 5.43 Å². The van der Waals surface area contributed by atoms with E-state index in [1.807, 2.05) is 18.2 Å². The monoisotopic (exact) mass is 234 g/mol. The lowest BCUT2D eigenvalue weighted by atomic mass is 10.0. The SMILES string of the molecule is COc1ccc2c(c1)OCC/C2=N\NC(C)=O. The number of methoxy groups -OCH3 is 1. The maximum atomic E-state index is 10.8. The maximum Gasteiger partial charge on any atom is 0.236 e. The molecule has 17 heavy (non-hydrogen) atoms. The lowest BCUT2D eigenvalue weighted by Gasteiger charge is -2.19. The Morgan fingerprint density at radius 1 is 1.53 bits per heavy atom. The molecule has 1 aromatic carbocycles. The average molecular weight is 234 g/mol. The van der Waals surface area contributed by atoms with Gasteiger partial charge in [-0.05, 0) is 12.1 Å². The van der Waals surface area contributed by atoms with E-state index in [9.17, 15) is 4.79 Å². The molecule has 1 amide bonds. The molecule has 0 spiro atoms. The Morgan fingerprint density at radius 2 is 2.35 bits per heavy atom. The number of ether oxygens (including phenoxy) is 2. The predicted octanol–water partition coefficient (Wildman–Crippen LogP) is 1.32. The fourth-order valence-corrected chi connectivity index (χ4v) is 1.64. The summed E-state index contributed by atoms with van der Waals surface area (Å²) in [6, 6.07) is 5.54. The largest absolute Gasteiger partial charge is 0.497 e. The summed E-state index contributed by atoms with van der Waals surface area (Å²) in [6.45, 7) is 1.98. The standard InChI is InChI=1S/C12H14N2O3/c1-8(15)13-14-11-5-6-17-12-7-9(16-2)3-4-10(11)12/h3-4,7H,5-6H2,1-2H3,(H,13,15)/b14-11+. The summed E-state index contributed by atoms with van der Waals surface area (Å²) in [6.07, 6.45) is 0.680. The summed E-state index contributed by atoms with van der Waals surface area (Å²) in [5, 5.41) is 4.08. The minimum atomic E-state index is -0.181. The van der Waals surface area contributed by atoms with Crippen molar-refractivity contribution in [3.05, 3.63) is 23.8 Å². The number of carbonyl (C=O) groups excluding carboxylic acids is 1. The van der Waals surface area contributed by atoms with Gasteiger partial charge < -0.3 is 9.47 Å². The summed E-state index contributed by atoms with van der Waals surface area (Å²) in [5.41, 5.74) is 4.16. The third-order valence-electron chi connectivity index (χ3n) is 2.44. The highest BCUT2D eigenvalue weighted by Gasteiger charge is 2.17. The zero-order valence-electron chi connectivity index (χ0n) is 9.82. The van der Waals surface area contributed by atoms with Crippen molar-refractivity contribution in [3.63, 3.8) is 0 Å². The van der Waals surface area contributed by atoms with Gasteiger partial charge in [0.05, 0.1) is 19.4 Å². The van der Waals surface area contributed by atoms with Crippen LogP contribution in [0.5, 0.6) is 11.5 Å². The topological polar surface area (TPSA) is 59.9 Å². The fraction of sp³-hybridized carbons (Fsp3) is 0.333. The number of fused-ring (bicyclic) bond motifs is 1. The van der Waals surface area contributed by atoms with Gasteiger partial charge >= 0.3 is 0 Å². The number of benzene rings is 1. The summed E-state index contributed by atoms with van der Waals surface area (Å²) in [7, 11) is 1.61. The van der Waals surface area contributed by atoms with Crippen LogP contribution >= 0.6 is 0 Å². The molecule has 2 rings (SSSR count). The van der Waals surface area contributed by atoms with E-state index in [4.69, 9.17) is 9.47 Å². The molecule has 1 aliphatic heterocycles. The van der Waals surface area contributed by atoms with Crippen LogP contribution in [0.15, 0.2) is 23.3 Å². The van der Waals surface area contributed by atoms with Crippen LogP contribution in [0.3, 0.4) is 0 Å². The van der Waals surface area contributed by atoms with Crippen LogP contribution < -0.4 is 14.9 Å². The van der Waals surface area contributed by atoms with Gasteiger partial charge in [0.25, 0.3) is 0 Å². The van der Waals surface area contributed by atoms with Crippen LogP contribution in [0.1, 0.15) is 18.9 Å². The molecule has 0 aliphatic carbocycles. The first-order valence-corrected chi connectivity index (χ1v) is 5.35. The molecule has 90 valence electrons. The first-order chi connectivity index (χ1) is 8.20. The zero-order chi connectivity index (χ0) is 12.3. The van der Waals surface area contributed by atoms with E-state index < -0.39 is 0 Å². The van der Waals surface area contributed by atoms with Crippen LogP contribution in [0.25, 0.3) is 0 Å². The predicted molar refractivity (Wildman–Crippen MR) is 63.5 cm³/mol. The molecule has 1 N–H and O–H groups in total.